The Morgan fingerprint density at radius 1 is 1.05 bits per heavy atom. The molecular weight excluding hydrogens is 271 g/mol. The zero-order chi connectivity index (χ0) is 13.8. The second-order valence-corrected chi connectivity index (χ2v) is 4.19. The highest BCUT2D eigenvalue weighted by molar-refractivity contribution is 6.30. The molecule has 4 nitrogen and oxygen atoms in total. The molecule has 0 unspecified atom stereocenters. The van der Waals surface area contributed by atoms with Gasteiger partial charge in [-0.15, -0.1) is 0 Å². The van der Waals surface area contributed by atoms with Gasteiger partial charge >= 0.3 is 6.03 Å². The van der Waals surface area contributed by atoms with E-state index in [0.717, 1.165) is 12.1 Å². The van der Waals surface area contributed by atoms with E-state index in [2.05, 4.69) is 10.6 Å². The van der Waals surface area contributed by atoms with Gasteiger partial charge in [0.25, 0.3) is 0 Å². The molecule has 3 N–H and O–H groups in total. The number of hydrogen-bond donors (Lipinski definition) is 3. The summed E-state index contributed by atoms with van der Waals surface area (Å²) >= 11 is 5.72. The van der Waals surface area contributed by atoms with Crippen LogP contribution in [0.15, 0.2) is 42.5 Å². The van der Waals surface area contributed by atoms with Gasteiger partial charge in [-0.2, -0.15) is 0 Å². The number of carbonyl (C=O) groups is 1. The molecule has 0 heterocycles. The van der Waals surface area contributed by atoms with Crippen LogP contribution in [-0.4, -0.2) is 11.1 Å². The molecule has 6 heteroatoms. The third-order valence-corrected chi connectivity index (χ3v) is 2.56. The first-order valence-electron chi connectivity index (χ1n) is 5.37. The molecule has 98 valence electrons. The van der Waals surface area contributed by atoms with E-state index in [0.29, 0.717) is 10.7 Å². The van der Waals surface area contributed by atoms with Gasteiger partial charge in [0.1, 0.15) is 0 Å². The molecule has 0 aliphatic carbocycles. The lowest BCUT2D eigenvalue weighted by Gasteiger charge is -2.08. The molecule has 2 aromatic carbocycles. The Bertz CT molecular complexity index is 602. The Balaban J connectivity index is 2.01. The van der Waals surface area contributed by atoms with Crippen LogP contribution in [0.4, 0.5) is 20.6 Å². The van der Waals surface area contributed by atoms with Crippen LogP contribution in [0, 0.1) is 5.82 Å². The Morgan fingerprint density at radius 3 is 2.26 bits per heavy atom. The van der Waals surface area contributed by atoms with Gasteiger partial charge in [0.05, 0.1) is 0 Å². The van der Waals surface area contributed by atoms with Crippen LogP contribution in [0.5, 0.6) is 5.75 Å². The van der Waals surface area contributed by atoms with E-state index in [1.165, 1.54) is 6.07 Å². The maximum absolute atomic E-state index is 13.1. The maximum Gasteiger partial charge on any atom is 0.323 e. The summed E-state index contributed by atoms with van der Waals surface area (Å²) in [7, 11) is 0. The number of phenolic OH excluding ortho intramolecular Hbond substituents is 1. The topological polar surface area (TPSA) is 61.4 Å². The number of aromatic hydroxyl groups is 1. The van der Waals surface area contributed by atoms with Crippen LogP contribution in [0.1, 0.15) is 0 Å². The molecule has 2 aromatic rings. The van der Waals surface area contributed by atoms with Gasteiger partial charge in [0.15, 0.2) is 11.6 Å². The molecule has 19 heavy (non-hydrogen) atoms. The number of anilines is 2. The van der Waals surface area contributed by atoms with Crippen molar-refractivity contribution < 1.29 is 14.3 Å². The molecule has 0 atom stereocenters. The number of urea groups is 1. The molecule has 0 spiro atoms. The van der Waals surface area contributed by atoms with Crippen molar-refractivity contribution in [2.45, 2.75) is 0 Å². The van der Waals surface area contributed by atoms with Crippen LogP contribution in [0.25, 0.3) is 0 Å². The lowest BCUT2D eigenvalue weighted by atomic mass is 10.3. The standard InChI is InChI=1S/C13H10ClFN2O2/c14-8-1-3-9(4-2-8)16-13(19)17-10-5-6-12(18)11(15)7-10/h1-7,18H,(H2,16,17,19). The molecule has 0 saturated carbocycles. The fraction of sp³-hybridized carbons (Fsp3) is 0. The lowest BCUT2D eigenvalue weighted by Crippen LogP contribution is -2.19. The smallest absolute Gasteiger partial charge is 0.323 e. The van der Waals surface area contributed by atoms with E-state index in [1.807, 2.05) is 0 Å². The summed E-state index contributed by atoms with van der Waals surface area (Å²) in [5.74, 6) is -1.27. The first-order chi connectivity index (χ1) is 9.04. The van der Waals surface area contributed by atoms with Crippen molar-refractivity contribution in [3.63, 3.8) is 0 Å². The van der Waals surface area contributed by atoms with E-state index in [-0.39, 0.29) is 5.69 Å². The summed E-state index contributed by atoms with van der Waals surface area (Å²) in [4.78, 5) is 11.6. The summed E-state index contributed by atoms with van der Waals surface area (Å²) in [6.07, 6.45) is 0. The SMILES string of the molecule is O=C(Nc1ccc(Cl)cc1)Nc1ccc(O)c(F)c1. The summed E-state index contributed by atoms with van der Waals surface area (Å²) in [6, 6.07) is 9.60. The van der Waals surface area contributed by atoms with Crippen LogP contribution >= 0.6 is 11.6 Å². The Kier molecular flexibility index (Phi) is 3.87. The average molecular weight is 281 g/mol. The molecule has 2 rings (SSSR count). The molecule has 0 saturated heterocycles. The Morgan fingerprint density at radius 2 is 1.63 bits per heavy atom. The minimum absolute atomic E-state index is 0.238. The number of hydrogen-bond acceptors (Lipinski definition) is 2. The molecule has 0 fully saturated rings. The zero-order valence-corrected chi connectivity index (χ0v) is 10.4. The highest BCUT2D eigenvalue weighted by Gasteiger charge is 2.05. The third-order valence-electron chi connectivity index (χ3n) is 2.31. The van der Waals surface area contributed by atoms with Gasteiger partial charge < -0.3 is 15.7 Å². The average Bonchev–Trinajstić information content (AvgIpc) is 2.37. The molecule has 0 bridgehead atoms. The lowest BCUT2D eigenvalue weighted by molar-refractivity contribution is 0.262. The first-order valence-corrected chi connectivity index (χ1v) is 5.74. The van der Waals surface area contributed by atoms with E-state index in [4.69, 9.17) is 16.7 Å². The minimum atomic E-state index is -0.802. The number of halogens is 2. The number of benzene rings is 2. The predicted octanol–water partition coefficient (Wildman–Crippen LogP) is 3.83. The third kappa shape index (κ3) is 3.59. The Labute approximate surface area is 113 Å². The molecule has 0 aromatic heterocycles. The van der Waals surface area contributed by atoms with Gasteiger partial charge in [-0.05, 0) is 36.4 Å². The van der Waals surface area contributed by atoms with Crippen LogP contribution in [0.3, 0.4) is 0 Å². The van der Waals surface area contributed by atoms with Gasteiger partial charge in [-0.3, -0.25) is 0 Å². The van der Waals surface area contributed by atoms with Gasteiger partial charge in [0, 0.05) is 22.5 Å². The maximum atomic E-state index is 13.1. The largest absolute Gasteiger partial charge is 0.505 e. The number of rotatable bonds is 2. The normalized spacial score (nSPS) is 10.0. The fourth-order valence-electron chi connectivity index (χ4n) is 1.41. The van der Waals surface area contributed by atoms with Crippen LogP contribution in [-0.2, 0) is 0 Å². The van der Waals surface area contributed by atoms with E-state index in [9.17, 15) is 9.18 Å². The van der Waals surface area contributed by atoms with E-state index < -0.39 is 17.6 Å². The van der Waals surface area contributed by atoms with Crippen LogP contribution in [0.2, 0.25) is 5.02 Å². The molecule has 0 radical (unpaired) electrons. The second-order valence-electron chi connectivity index (χ2n) is 3.75. The highest BCUT2D eigenvalue weighted by Crippen LogP contribution is 2.19. The van der Waals surface area contributed by atoms with Crippen molar-refractivity contribution >= 4 is 29.0 Å². The van der Waals surface area contributed by atoms with Gasteiger partial charge in [0.2, 0.25) is 0 Å². The van der Waals surface area contributed by atoms with Crippen molar-refractivity contribution in [3.8, 4) is 5.75 Å². The zero-order valence-electron chi connectivity index (χ0n) is 9.65. The van der Waals surface area contributed by atoms with Crippen LogP contribution < -0.4 is 10.6 Å². The first kappa shape index (κ1) is 13.2. The van der Waals surface area contributed by atoms with Gasteiger partial charge in [-0.1, -0.05) is 11.6 Å². The highest BCUT2D eigenvalue weighted by atomic mass is 35.5. The Hall–Kier alpha value is -2.27. The molecular formula is C13H10ClFN2O2. The van der Waals surface area contributed by atoms with Crippen molar-refractivity contribution in [1.82, 2.24) is 0 Å². The molecule has 2 amide bonds. The van der Waals surface area contributed by atoms with E-state index >= 15 is 0 Å². The summed E-state index contributed by atoms with van der Waals surface area (Å²) in [5.41, 5.74) is 0.794. The molecule has 0 aliphatic heterocycles. The van der Waals surface area contributed by atoms with E-state index in [1.54, 1.807) is 24.3 Å². The monoisotopic (exact) mass is 280 g/mol. The van der Waals surface area contributed by atoms with Crippen molar-refractivity contribution in [1.29, 1.82) is 0 Å². The summed E-state index contributed by atoms with van der Waals surface area (Å²) in [5, 5.41) is 14.6. The number of amides is 2. The second kappa shape index (κ2) is 5.58. The number of nitrogens with one attached hydrogen (secondary N) is 2. The van der Waals surface area contributed by atoms with Crippen molar-refractivity contribution in [2.75, 3.05) is 10.6 Å². The number of phenols is 1. The fourth-order valence-corrected chi connectivity index (χ4v) is 1.54. The minimum Gasteiger partial charge on any atom is -0.505 e. The quantitative estimate of drug-likeness (QED) is 0.732. The number of carbonyl (C=O) groups excluding carboxylic acids is 1. The van der Waals surface area contributed by atoms with Crippen molar-refractivity contribution in [3.05, 3.63) is 53.3 Å². The van der Waals surface area contributed by atoms with Gasteiger partial charge in [-0.25, -0.2) is 9.18 Å². The summed E-state index contributed by atoms with van der Waals surface area (Å²) in [6.45, 7) is 0. The molecule has 0 aliphatic rings. The summed E-state index contributed by atoms with van der Waals surface area (Å²) < 4.78 is 13.1. The van der Waals surface area contributed by atoms with Crippen molar-refractivity contribution in [2.24, 2.45) is 0 Å². The predicted molar refractivity (Wildman–Crippen MR) is 72.2 cm³/mol.